The molecule has 1 unspecified atom stereocenters. The maximum atomic E-state index is 11.8. The van der Waals surface area contributed by atoms with E-state index in [1.54, 1.807) is 0 Å². The third-order valence-electron chi connectivity index (χ3n) is 2.50. The third-order valence-corrected chi connectivity index (χ3v) is 2.50. The van der Waals surface area contributed by atoms with Gasteiger partial charge < -0.3 is 4.74 Å². The van der Waals surface area contributed by atoms with Gasteiger partial charge in [0.05, 0.1) is 5.92 Å². The van der Waals surface area contributed by atoms with E-state index in [0.29, 0.717) is 0 Å². The average molecular weight is 210 g/mol. The lowest BCUT2D eigenvalue weighted by Gasteiger charge is -2.24. The lowest BCUT2D eigenvalue weighted by molar-refractivity contribution is -0.160. The van der Waals surface area contributed by atoms with Gasteiger partial charge in [-0.05, 0) is 46.5 Å². The molecule has 0 radical (unpaired) electrons. The summed E-state index contributed by atoms with van der Waals surface area (Å²) in [5.41, 5.74) is -0.358. The molecule has 1 aliphatic carbocycles. The zero-order valence-electron chi connectivity index (χ0n) is 10.1. The third kappa shape index (κ3) is 5.01. The number of ether oxygens (including phenoxy) is 1. The van der Waals surface area contributed by atoms with Crippen LogP contribution in [0.3, 0.4) is 0 Å². The lowest BCUT2D eigenvalue weighted by atomic mass is 9.95. The summed E-state index contributed by atoms with van der Waals surface area (Å²) in [6.07, 6.45) is 9.59. The molecule has 2 nitrogen and oxygen atoms in total. The molecule has 1 rings (SSSR count). The van der Waals surface area contributed by atoms with E-state index in [1.165, 1.54) is 6.42 Å². The number of hydrogen-bond acceptors (Lipinski definition) is 2. The Morgan fingerprint density at radius 1 is 1.27 bits per heavy atom. The van der Waals surface area contributed by atoms with Crippen molar-refractivity contribution in [3.63, 3.8) is 0 Å². The van der Waals surface area contributed by atoms with Crippen LogP contribution in [0.2, 0.25) is 0 Å². The Morgan fingerprint density at radius 3 is 2.67 bits per heavy atom. The number of carbonyl (C=O) groups is 1. The molecule has 0 heterocycles. The van der Waals surface area contributed by atoms with Crippen molar-refractivity contribution in [1.29, 1.82) is 0 Å². The highest BCUT2D eigenvalue weighted by Gasteiger charge is 2.24. The first-order valence-corrected chi connectivity index (χ1v) is 5.87. The van der Waals surface area contributed by atoms with Crippen molar-refractivity contribution < 1.29 is 9.53 Å². The van der Waals surface area contributed by atoms with E-state index >= 15 is 0 Å². The molecule has 1 atom stereocenters. The molecule has 0 saturated carbocycles. The molecule has 0 bridgehead atoms. The fourth-order valence-corrected chi connectivity index (χ4v) is 1.75. The van der Waals surface area contributed by atoms with Gasteiger partial charge in [0.2, 0.25) is 0 Å². The first kappa shape index (κ1) is 12.3. The van der Waals surface area contributed by atoms with Crippen LogP contribution in [0.15, 0.2) is 12.2 Å². The first-order valence-electron chi connectivity index (χ1n) is 5.87. The number of allylic oxidation sites excluding steroid dienone is 2. The molecule has 0 N–H and O–H groups in total. The minimum atomic E-state index is -0.358. The van der Waals surface area contributed by atoms with Crippen molar-refractivity contribution >= 4 is 5.97 Å². The average Bonchev–Trinajstić information content (AvgIpc) is 1.98. The molecule has 0 saturated heterocycles. The van der Waals surface area contributed by atoms with Gasteiger partial charge in [-0.25, -0.2) is 0 Å². The molecule has 0 aliphatic heterocycles. The summed E-state index contributed by atoms with van der Waals surface area (Å²) in [6.45, 7) is 5.76. The van der Waals surface area contributed by atoms with Gasteiger partial charge in [0.25, 0.3) is 0 Å². The molecule has 0 aromatic carbocycles. The molecule has 2 heteroatoms. The van der Waals surface area contributed by atoms with E-state index in [4.69, 9.17) is 4.74 Å². The Hall–Kier alpha value is -0.790. The highest BCUT2D eigenvalue weighted by molar-refractivity contribution is 5.73. The first-order chi connectivity index (χ1) is 6.99. The minimum absolute atomic E-state index is 0.0333. The molecule has 0 fully saturated rings. The Labute approximate surface area is 92.7 Å². The minimum Gasteiger partial charge on any atom is -0.460 e. The predicted octanol–water partition coefficient (Wildman–Crippen LogP) is 3.46. The van der Waals surface area contributed by atoms with Gasteiger partial charge in [0.1, 0.15) is 5.60 Å². The van der Waals surface area contributed by atoms with Crippen LogP contribution < -0.4 is 0 Å². The van der Waals surface area contributed by atoms with E-state index in [9.17, 15) is 4.79 Å². The van der Waals surface area contributed by atoms with Crippen molar-refractivity contribution in [3.8, 4) is 0 Å². The number of hydrogen-bond donors (Lipinski definition) is 0. The maximum Gasteiger partial charge on any atom is 0.309 e. The molecule has 0 amide bonds. The zero-order chi connectivity index (χ0) is 11.3. The standard InChI is InChI=1S/C13H22O2/c1-13(2,3)15-12(14)11-9-7-5-4-6-8-10-11/h5,7,11H,4,6,8-10H2,1-3H3. The van der Waals surface area contributed by atoms with Crippen LogP contribution in [0, 0.1) is 5.92 Å². The summed E-state index contributed by atoms with van der Waals surface area (Å²) in [6, 6.07) is 0. The van der Waals surface area contributed by atoms with Crippen molar-refractivity contribution in [3.05, 3.63) is 12.2 Å². The van der Waals surface area contributed by atoms with Gasteiger partial charge in [-0.2, -0.15) is 0 Å². The Kier molecular flexibility index (Phi) is 4.37. The highest BCUT2D eigenvalue weighted by atomic mass is 16.6. The van der Waals surface area contributed by atoms with Crippen molar-refractivity contribution in [1.82, 2.24) is 0 Å². The lowest BCUT2D eigenvalue weighted by Crippen LogP contribution is -2.28. The molecule has 0 spiro atoms. The maximum absolute atomic E-state index is 11.8. The van der Waals surface area contributed by atoms with Gasteiger partial charge >= 0.3 is 5.97 Å². The van der Waals surface area contributed by atoms with Gasteiger partial charge in [0, 0.05) is 0 Å². The van der Waals surface area contributed by atoms with Crippen molar-refractivity contribution in [2.24, 2.45) is 5.92 Å². The van der Waals surface area contributed by atoms with Crippen LogP contribution in [-0.4, -0.2) is 11.6 Å². The van der Waals surface area contributed by atoms with Gasteiger partial charge in [-0.3, -0.25) is 4.79 Å². The predicted molar refractivity (Wildman–Crippen MR) is 61.6 cm³/mol. The summed E-state index contributed by atoms with van der Waals surface area (Å²) in [7, 11) is 0. The van der Waals surface area contributed by atoms with E-state index in [-0.39, 0.29) is 17.5 Å². The molecule has 0 aromatic heterocycles. The SMILES string of the molecule is CC(C)(C)OC(=O)C1CC=CCCCC1. The highest BCUT2D eigenvalue weighted by Crippen LogP contribution is 2.21. The normalized spacial score (nSPS) is 23.0. The summed E-state index contributed by atoms with van der Waals surface area (Å²) in [5.74, 6) is 0.0369. The second kappa shape index (κ2) is 5.34. The monoisotopic (exact) mass is 210 g/mol. The molecular formula is C13H22O2. The van der Waals surface area contributed by atoms with Crippen LogP contribution in [-0.2, 0) is 9.53 Å². The topological polar surface area (TPSA) is 26.3 Å². The zero-order valence-corrected chi connectivity index (χ0v) is 10.1. The van der Waals surface area contributed by atoms with Crippen molar-refractivity contribution in [2.75, 3.05) is 0 Å². The summed E-state index contributed by atoms with van der Waals surface area (Å²) >= 11 is 0. The van der Waals surface area contributed by atoms with Gasteiger partial charge in [-0.15, -0.1) is 0 Å². The number of rotatable bonds is 1. The largest absolute Gasteiger partial charge is 0.460 e. The second-order valence-corrected chi connectivity index (χ2v) is 5.22. The van der Waals surface area contributed by atoms with E-state index in [1.807, 2.05) is 20.8 Å². The van der Waals surface area contributed by atoms with Crippen LogP contribution in [0.5, 0.6) is 0 Å². The van der Waals surface area contributed by atoms with E-state index in [0.717, 1.165) is 25.7 Å². The number of esters is 1. The Morgan fingerprint density at radius 2 is 2.00 bits per heavy atom. The van der Waals surface area contributed by atoms with Crippen LogP contribution >= 0.6 is 0 Å². The van der Waals surface area contributed by atoms with E-state index < -0.39 is 0 Å². The van der Waals surface area contributed by atoms with Crippen LogP contribution in [0.4, 0.5) is 0 Å². The summed E-state index contributed by atoms with van der Waals surface area (Å²) < 4.78 is 5.40. The van der Waals surface area contributed by atoms with Crippen molar-refractivity contribution in [2.45, 2.75) is 58.5 Å². The van der Waals surface area contributed by atoms with Crippen LogP contribution in [0.25, 0.3) is 0 Å². The fraction of sp³-hybridized carbons (Fsp3) is 0.769. The summed E-state index contributed by atoms with van der Waals surface area (Å²) in [4.78, 5) is 11.8. The second-order valence-electron chi connectivity index (χ2n) is 5.22. The molecule has 1 aliphatic rings. The molecular weight excluding hydrogens is 188 g/mol. The molecule has 15 heavy (non-hydrogen) atoms. The summed E-state index contributed by atoms with van der Waals surface area (Å²) in [5, 5.41) is 0. The quantitative estimate of drug-likeness (QED) is 0.489. The van der Waals surface area contributed by atoms with Gasteiger partial charge in [-0.1, -0.05) is 18.6 Å². The molecule has 0 aromatic rings. The van der Waals surface area contributed by atoms with Gasteiger partial charge in [0.15, 0.2) is 0 Å². The smallest absolute Gasteiger partial charge is 0.309 e. The Bertz CT molecular complexity index is 235. The van der Waals surface area contributed by atoms with E-state index in [2.05, 4.69) is 12.2 Å². The Balaban J connectivity index is 2.49. The number of carbonyl (C=O) groups excluding carboxylic acids is 1. The fourth-order valence-electron chi connectivity index (χ4n) is 1.75. The van der Waals surface area contributed by atoms with Crippen LogP contribution in [0.1, 0.15) is 52.9 Å². The molecule has 86 valence electrons.